The Labute approximate surface area is 136 Å². The van der Waals surface area contributed by atoms with Crippen LogP contribution in [0.2, 0.25) is 0 Å². The van der Waals surface area contributed by atoms with Gasteiger partial charge in [-0.05, 0) is 22.9 Å². The van der Waals surface area contributed by atoms with Crippen molar-refractivity contribution in [2.24, 2.45) is 0 Å². The predicted molar refractivity (Wildman–Crippen MR) is 88.6 cm³/mol. The highest BCUT2D eigenvalue weighted by Crippen LogP contribution is 2.32. The van der Waals surface area contributed by atoms with E-state index in [9.17, 15) is 4.79 Å². The highest BCUT2D eigenvalue weighted by atomic mass is 32.1. The van der Waals surface area contributed by atoms with Crippen LogP contribution in [0.5, 0.6) is 11.6 Å². The molecule has 0 aliphatic carbocycles. The topological polar surface area (TPSA) is 77.1 Å². The van der Waals surface area contributed by atoms with Crippen LogP contribution < -0.4 is 15.0 Å². The Morgan fingerprint density at radius 3 is 2.96 bits per heavy atom. The van der Waals surface area contributed by atoms with E-state index in [4.69, 9.17) is 9.47 Å². The number of nitrogens with zero attached hydrogens (tertiary/aromatic N) is 2. The van der Waals surface area contributed by atoms with Crippen molar-refractivity contribution in [3.8, 4) is 23.0 Å². The van der Waals surface area contributed by atoms with Crippen LogP contribution in [0.3, 0.4) is 0 Å². The van der Waals surface area contributed by atoms with Gasteiger partial charge in [0.25, 0.3) is 11.4 Å². The summed E-state index contributed by atoms with van der Waals surface area (Å²) in [6, 6.07) is 1.79. The molecule has 23 heavy (non-hydrogen) atoms. The van der Waals surface area contributed by atoms with E-state index in [1.165, 1.54) is 11.3 Å². The van der Waals surface area contributed by atoms with Crippen molar-refractivity contribution in [2.75, 3.05) is 13.2 Å². The summed E-state index contributed by atoms with van der Waals surface area (Å²) < 4.78 is 10.9. The highest BCUT2D eigenvalue weighted by Gasteiger charge is 2.17. The van der Waals surface area contributed by atoms with Gasteiger partial charge in [0.1, 0.15) is 23.9 Å². The third-order valence-electron chi connectivity index (χ3n) is 3.77. The Morgan fingerprint density at radius 2 is 2.13 bits per heavy atom. The lowest BCUT2D eigenvalue weighted by molar-refractivity contribution is 0.164. The number of H-pyrrole nitrogens is 1. The molecular formula is C16H15N3O3S. The molecule has 0 saturated carbocycles. The summed E-state index contributed by atoms with van der Waals surface area (Å²) in [7, 11) is 0. The van der Waals surface area contributed by atoms with Crippen molar-refractivity contribution < 1.29 is 9.47 Å². The van der Waals surface area contributed by atoms with E-state index in [1.807, 2.05) is 5.38 Å². The Morgan fingerprint density at radius 1 is 1.30 bits per heavy atom. The Hall–Kier alpha value is -2.41. The van der Waals surface area contributed by atoms with Crippen LogP contribution in [0.4, 0.5) is 0 Å². The quantitative estimate of drug-likeness (QED) is 0.782. The van der Waals surface area contributed by atoms with Crippen molar-refractivity contribution >= 4 is 21.6 Å². The lowest BCUT2D eigenvalue weighted by Crippen LogP contribution is -2.16. The molecule has 4 rings (SSSR count). The van der Waals surface area contributed by atoms with Crippen molar-refractivity contribution in [2.45, 2.75) is 19.8 Å². The smallest absolute Gasteiger partial charge is 0.260 e. The first-order valence-corrected chi connectivity index (χ1v) is 8.29. The van der Waals surface area contributed by atoms with Crippen LogP contribution in [-0.4, -0.2) is 28.2 Å². The zero-order valence-electron chi connectivity index (χ0n) is 12.8. The number of hydrogen-bond donors (Lipinski definition) is 1. The minimum atomic E-state index is -0.121. The molecule has 0 radical (unpaired) electrons. The van der Waals surface area contributed by atoms with Crippen molar-refractivity contribution in [1.29, 1.82) is 0 Å². The SMILES string of the molecule is CC(C)c1csc2nc(-c3cnc4c(c3)OCCO4)[nH]c(=O)c12. The van der Waals surface area contributed by atoms with Gasteiger partial charge in [0.15, 0.2) is 5.75 Å². The van der Waals surface area contributed by atoms with Crippen LogP contribution in [0.15, 0.2) is 22.4 Å². The molecule has 0 bridgehead atoms. The van der Waals surface area contributed by atoms with Gasteiger partial charge in [-0.2, -0.15) is 0 Å². The zero-order valence-corrected chi connectivity index (χ0v) is 13.6. The summed E-state index contributed by atoms with van der Waals surface area (Å²) in [4.78, 5) is 24.9. The van der Waals surface area contributed by atoms with Crippen LogP contribution >= 0.6 is 11.3 Å². The summed E-state index contributed by atoms with van der Waals surface area (Å²) in [6.07, 6.45) is 1.63. The molecule has 0 unspecified atom stereocenters. The van der Waals surface area contributed by atoms with E-state index in [2.05, 4.69) is 28.8 Å². The fraction of sp³-hybridized carbons (Fsp3) is 0.312. The average molecular weight is 329 g/mol. The van der Waals surface area contributed by atoms with Gasteiger partial charge in [-0.25, -0.2) is 9.97 Å². The normalized spacial score (nSPS) is 13.7. The number of nitrogens with one attached hydrogen (secondary N) is 1. The number of aromatic nitrogens is 3. The first kappa shape index (κ1) is 14.2. The van der Waals surface area contributed by atoms with E-state index >= 15 is 0 Å². The van der Waals surface area contributed by atoms with Gasteiger partial charge in [0, 0.05) is 11.8 Å². The largest absolute Gasteiger partial charge is 0.484 e. The zero-order chi connectivity index (χ0) is 16.0. The second kappa shape index (κ2) is 5.34. The second-order valence-corrected chi connectivity index (χ2v) is 6.52. The van der Waals surface area contributed by atoms with Crippen LogP contribution in [-0.2, 0) is 0 Å². The highest BCUT2D eigenvalue weighted by molar-refractivity contribution is 7.16. The molecule has 6 nitrogen and oxygen atoms in total. The van der Waals surface area contributed by atoms with Gasteiger partial charge < -0.3 is 14.5 Å². The first-order chi connectivity index (χ1) is 11.1. The molecule has 4 heterocycles. The molecule has 3 aromatic rings. The molecule has 0 amide bonds. The number of rotatable bonds is 2. The van der Waals surface area contributed by atoms with Crippen LogP contribution in [0.25, 0.3) is 21.6 Å². The first-order valence-electron chi connectivity index (χ1n) is 7.41. The van der Waals surface area contributed by atoms with Gasteiger partial charge in [-0.1, -0.05) is 13.8 Å². The summed E-state index contributed by atoms with van der Waals surface area (Å²) >= 11 is 1.49. The lowest BCUT2D eigenvalue weighted by Gasteiger charge is -2.17. The number of pyridine rings is 1. The summed E-state index contributed by atoms with van der Waals surface area (Å²) in [5.41, 5.74) is 1.61. The number of thiophene rings is 1. The maximum absolute atomic E-state index is 12.5. The Kier molecular flexibility index (Phi) is 3.30. The standard InChI is InChI=1S/C16H15N3O3S/c1-8(2)10-7-23-16-12(10)14(20)18-13(19-16)9-5-11-15(17-6-9)22-4-3-21-11/h5-8H,3-4H2,1-2H3,(H,18,19,20). The van der Waals surface area contributed by atoms with E-state index in [1.54, 1.807) is 12.3 Å². The minimum absolute atomic E-state index is 0.121. The fourth-order valence-corrected chi connectivity index (χ4v) is 3.70. The van der Waals surface area contributed by atoms with Crippen molar-refractivity contribution in [3.63, 3.8) is 0 Å². The molecule has 1 aliphatic rings. The number of aromatic amines is 1. The molecule has 0 spiro atoms. The molecule has 0 atom stereocenters. The molecule has 7 heteroatoms. The Balaban J connectivity index is 1.85. The molecule has 3 aromatic heterocycles. The van der Waals surface area contributed by atoms with Crippen molar-refractivity contribution in [1.82, 2.24) is 15.0 Å². The minimum Gasteiger partial charge on any atom is -0.484 e. The monoisotopic (exact) mass is 329 g/mol. The van der Waals surface area contributed by atoms with E-state index in [0.29, 0.717) is 41.6 Å². The number of fused-ring (bicyclic) bond motifs is 2. The van der Waals surface area contributed by atoms with E-state index in [0.717, 1.165) is 10.4 Å². The molecule has 0 aromatic carbocycles. The van der Waals surface area contributed by atoms with E-state index < -0.39 is 0 Å². The van der Waals surface area contributed by atoms with Crippen molar-refractivity contribution in [3.05, 3.63) is 33.6 Å². The van der Waals surface area contributed by atoms with Gasteiger partial charge >= 0.3 is 0 Å². The van der Waals surface area contributed by atoms with Gasteiger partial charge in [-0.15, -0.1) is 11.3 Å². The maximum Gasteiger partial charge on any atom is 0.260 e. The summed E-state index contributed by atoms with van der Waals surface area (Å²) in [5.74, 6) is 1.82. The van der Waals surface area contributed by atoms with E-state index in [-0.39, 0.29) is 11.5 Å². The summed E-state index contributed by atoms with van der Waals surface area (Å²) in [5, 5.41) is 2.68. The third kappa shape index (κ3) is 2.37. The third-order valence-corrected chi connectivity index (χ3v) is 4.66. The molecule has 118 valence electrons. The van der Waals surface area contributed by atoms with Crippen LogP contribution in [0, 0.1) is 0 Å². The molecule has 1 aliphatic heterocycles. The molecule has 0 fully saturated rings. The predicted octanol–water partition coefficient (Wildman–Crippen LogP) is 2.94. The Bertz CT molecular complexity index is 945. The number of ether oxygens (including phenoxy) is 2. The molecular weight excluding hydrogens is 314 g/mol. The number of hydrogen-bond acceptors (Lipinski definition) is 6. The summed E-state index contributed by atoms with van der Waals surface area (Å²) in [6.45, 7) is 5.12. The maximum atomic E-state index is 12.5. The average Bonchev–Trinajstić information content (AvgIpc) is 2.99. The van der Waals surface area contributed by atoms with Crippen LogP contribution in [0.1, 0.15) is 25.3 Å². The lowest BCUT2D eigenvalue weighted by atomic mass is 10.0. The van der Waals surface area contributed by atoms with Gasteiger partial charge in [0.05, 0.1) is 5.39 Å². The second-order valence-electron chi connectivity index (χ2n) is 5.66. The van der Waals surface area contributed by atoms with Gasteiger partial charge in [0.2, 0.25) is 0 Å². The molecule has 1 N–H and O–H groups in total. The van der Waals surface area contributed by atoms with Gasteiger partial charge in [-0.3, -0.25) is 4.79 Å². The molecule has 0 saturated heterocycles. The fourth-order valence-electron chi connectivity index (χ4n) is 2.60.